The van der Waals surface area contributed by atoms with Crippen molar-refractivity contribution in [3.8, 4) is 0 Å². The average molecular weight is 138 g/mol. The van der Waals surface area contributed by atoms with Gasteiger partial charge in [0, 0.05) is 23.5 Å². The molecular formula is C8H14N2. The largest absolute Gasteiger partial charge is 0.316 e. The fourth-order valence-corrected chi connectivity index (χ4v) is 3.21. The zero-order valence-electron chi connectivity index (χ0n) is 6.35. The van der Waals surface area contributed by atoms with Crippen molar-refractivity contribution in [2.24, 2.45) is 5.41 Å². The van der Waals surface area contributed by atoms with Gasteiger partial charge in [0.25, 0.3) is 0 Å². The Labute approximate surface area is 61.4 Å². The van der Waals surface area contributed by atoms with E-state index >= 15 is 0 Å². The van der Waals surface area contributed by atoms with E-state index in [-0.39, 0.29) is 0 Å². The van der Waals surface area contributed by atoms with Gasteiger partial charge in [0.2, 0.25) is 0 Å². The topological polar surface area (TPSA) is 24.1 Å². The predicted molar refractivity (Wildman–Crippen MR) is 39.8 cm³/mol. The van der Waals surface area contributed by atoms with Crippen LogP contribution in [0.3, 0.4) is 0 Å². The monoisotopic (exact) mass is 138 g/mol. The molecule has 0 aromatic rings. The molecule has 0 bridgehead atoms. The summed E-state index contributed by atoms with van der Waals surface area (Å²) in [5.41, 5.74) is 0.745. The Bertz CT molecular complexity index is 174. The summed E-state index contributed by atoms with van der Waals surface area (Å²) in [5, 5.41) is 7.01. The van der Waals surface area contributed by atoms with Crippen LogP contribution in [-0.4, -0.2) is 25.2 Å². The predicted octanol–water partition coefficient (Wildman–Crippen LogP) is 0.0987. The van der Waals surface area contributed by atoms with Crippen molar-refractivity contribution in [1.29, 1.82) is 0 Å². The van der Waals surface area contributed by atoms with Crippen LogP contribution in [-0.2, 0) is 0 Å². The van der Waals surface area contributed by atoms with E-state index in [1.165, 1.54) is 19.3 Å². The van der Waals surface area contributed by atoms with E-state index in [9.17, 15) is 0 Å². The second-order valence-corrected chi connectivity index (χ2v) is 4.00. The SMILES string of the molecule is CNC1CC2NC3CCC132. The van der Waals surface area contributed by atoms with Gasteiger partial charge in [-0.15, -0.1) is 0 Å². The summed E-state index contributed by atoms with van der Waals surface area (Å²) in [7, 11) is 2.10. The molecule has 1 heterocycles. The molecule has 0 amide bonds. The van der Waals surface area contributed by atoms with Crippen LogP contribution in [0.4, 0.5) is 0 Å². The van der Waals surface area contributed by atoms with Gasteiger partial charge < -0.3 is 10.6 Å². The minimum absolute atomic E-state index is 0.745. The molecule has 2 heteroatoms. The first-order valence-corrected chi connectivity index (χ1v) is 4.31. The molecule has 0 aromatic heterocycles. The molecule has 3 fully saturated rings. The van der Waals surface area contributed by atoms with Crippen molar-refractivity contribution in [3.63, 3.8) is 0 Å². The first-order chi connectivity index (χ1) is 4.88. The first kappa shape index (κ1) is 5.56. The van der Waals surface area contributed by atoms with E-state index < -0.39 is 0 Å². The molecule has 2 N–H and O–H groups in total. The summed E-state index contributed by atoms with van der Waals surface area (Å²) in [4.78, 5) is 0. The second-order valence-electron chi connectivity index (χ2n) is 4.00. The standard InChI is InChI=1S/C8H14N2/c1-9-6-4-7-8(6)3-2-5(8)10-7/h5-7,9-10H,2-4H2,1H3. The maximum absolute atomic E-state index is 3.59. The van der Waals surface area contributed by atoms with Crippen LogP contribution in [0, 0.1) is 5.41 Å². The van der Waals surface area contributed by atoms with E-state index in [1.807, 2.05) is 0 Å². The Hall–Kier alpha value is -0.0800. The van der Waals surface area contributed by atoms with Crippen LogP contribution >= 0.6 is 0 Å². The highest BCUT2D eigenvalue weighted by Gasteiger charge is 2.70. The normalized spacial score (nSPS) is 62.7. The summed E-state index contributed by atoms with van der Waals surface area (Å²) in [5.74, 6) is 0. The quantitative estimate of drug-likeness (QED) is 0.537. The molecule has 1 spiro atoms. The van der Waals surface area contributed by atoms with Crippen LogP contribution in [0.15, 0.2) is 0 Å². The van der Waals surface area contributed by atoms with Crippen molar-refractivity contribution in [2.45, 2.75) is 37.4 Å². The number of piperidine rings is 2. The molecule has 4 atom stereocenters. The van der Waals surface area contributed by atoms with E-state index in [0.29, 0.717) is 0 Å². The second kappa shape index (κ2) is 1.41. The Balaban J connectivity index is 1.84. The lowest BCUT2D eigenvalue weighted by molar-refractivity contribution is -0.179. The third-order valence-corrected chi connectivity index (χ3v) is 4.03. The third kappa shape index (κ3) is 0.330. The molecule has 2 nitrogen and oxygen atoms in total. The molecule has 2 saturated carbocycles. The van der Waals surface area contributed by atoms with Crippen LogP contribution < -0.4 is 10.6 Å². The van der Waals surface area contributed by atoms with Crippen LogP contribution in [0.25, 0.3) is 0 Å². The molecule has 10 heavy (non-hydrogen) atoms. The maximum atomic E-state index is 3.59. The van der Waals surface area contributed by atoms with Crippen molar-refractivity contribution in [3.05, 3.63) is 0 Å². The van der Waals surface area contributed by atoms with Gasteiger partial charge in [-0.1, -0.05) is 0 Å². The van der Waals surface area contributed by atoms with Crippen LogP contribution in [0.5, 0.6) is 0 Å². The summed E-state index contributed by atoms with van der Waals surface area (Å²) in [6, 6.07) is 2.63. The number of hydrogen-bond donors (Lipinski definition) is 2. The molecule has 0 aromatic carbocycles. The minimum atomic E-state index is 0.745. The molecule has 2 aliphatic carbocycles. The van der Waals surface area contributed by atoms with Gasteiger partial charge in [-0.05, 0) is 26.3 Å². The van der Waals surface area contributed by atoms with E-state index in [1.54, 1.807) is 0 Å². The van der Waals surface area contributed by atoms with Crippen LogP contribution in [0.1, 0.15) is 19.3 Å². The van der Waals surface area contributed by atoms with Gasteiger partial charge in [-0.3, -0.25) is 0 Å². The Kier molecular flexibility index (Phi) is 0.783. The van der Waals surface area contributed by atoms with Gasteiger partial charge in [0.1, 0.15) is 0 Å². The van der Waals surface area contributed by atoms with Crippen LogP contribution in [0.2, 0.25) is 0 Å². The molecule has 1 saturated heterocycles. The smallest absolute Gasteiger partial charge is 0.0171 e. The molecule has 3 aliphatic rings. The van der Waals surface area contributed by atoms with Crippen molar-refractivity contribution in [1.82, 2.24) is 10.6 Å². The Morgan fingerprint density at radius 1 is 1.50 bits per heavy atom. The summed E-state index contributed by atoms with van der Waals surface area (Å²) in [6.07, 6.45) is 4.27. The summed E-state index contributed by atoms with van der Waals surface area (Å²) in [6.45, 7) is 0. The maximum Gasteiger partial charge on any atom is 0.0171 e. The first-order valence-electron chi connectivity index (χ1n) is 4.31. The number of hydrogen-bond acceptors (Lipinski definition) is 2. The van der Waals surface area contributed by atoms with Gasteiger partial charge >= 0.3 is 0 Å². The zero-order valence-corrected chi connectivity index (χ0v) is 6.35. The molecular weight excluding hydrogens is 124 g/mol. The highest BCUT2D eigenvalue weighted by molar-refractivity contribution is 5.28. The zero-order chi connectivity index (χ0) is 6.77. The van der Waals surface area contributed by atoms with Gasteiger partial charge in [-0.2, -0.15) is 0 Å². The highest BCUT2D eigenvalue weighted by atomic mass is 15.2. The van der Waals surface area contributed by atoms with Crippen molar-refractivity contribution >= 4 is 0 Å². The lowest BCUT2D eigenvalue weighted by Gasteiger charge is -2.75. The fraction of sp³-hybridized carbons (Fsp3) is 1.00. The molecule has 1 aliphatic heterocycles. The Morgan fingerprint density at radius 2 is 2.40 bits per heavy atom. The third-order valence-electron chi connectivity index (χ3n) is 4.03. The van der Waals surface area contributed by atoms with Crippen molar-refractivity contribution in [2.75, 3.05) is 7.05 Å². The minimum Gasteiger partial charge on any atom is -0.316 e. The Morgan fingerprint density at radius 3 is 2.70 bits per heavy atom. The molecule has 0 radical (unpaired) electrons. The van der Waals surface area contributed by atoms with Gasteiger partial charge in [0.05, 0.1) is 0 Å². The number of rotatable bonds is 1. The molecule has 3 rings (SSSR count). The van der Waals surface area contributed by atoms with E-state index in [2.05, 4.69) is 17.7 Å². The fourth-order valence-electron chi connectivity index (χ4n) is 3.21. The summed E-state index contributed by atoms with van der Waals surface area (Å²) < 4.78 is 0. The highest BCUT2D eigenvalue weighted by Crippen LogP contribution is 2.62. The van der Waals surface area contributed by atoms with Gasteiger partial charge in [-0.25, -0.2) is 0 Å². The summed E-state index contributed by atoms with van der Waals surface area (Å²) >= 11 is 0. The number of nitrogens with one attached hydrogen (secondary N) is 2. The van der Waals surface area contributed by atoms with E-state index in [4.69, 9.17) is 0 Å². The average Bonchev–Trinajstić information content (AvgIpc) is 1.85. The van der Waals surface area contributed by atoms with Crippen molar-refractivity contribution < 1.29 is 0 Å². The molecule has 4 unspecified atom stereocenters. The lowest BCUT2D eigenvalue weighted by Crippen LogP contribution is -2.88. The molecule has 56 valence electrons. The lowest BCUT2D eigenvalue weighted by atomic mass is 9.41. The van der Waals surface area contributed by atoms with Gasteiger partial charge in [0.15, 0.2) is 0 Å². The van der Waals surface area contributed by atoms with E-state index in [0.717, 1.165) is 23.5 Å².